The average molecular weight is 476 g/mol. The third-order valence-corrected chi connectivity index (χ3v) is 5.98. The van der Waals surface area contributed by atoms with E-state index in [1.807, 2.05) is 54.6 Å². The van der Waals surface area contributed by atoms with Crippen LogP contribution < -0.4 is 5.43 Å². The second-order valence-electron chi connectivity index (χ2n) is 7.92. The molecule has 0 aliphatic rings. The topological polar surface area (TPSA) is 46.4 Å². The van der Waals surface area contributed by atoms with Crippen molar-refractivity contribution in [2.45, 2.75) is 0 Å². The normalized spacial score (nSPS) is 11.0. The first-order valence-corrected chi connectivity index (χ1v) is 11.6. The summed E-state index contributed by atoms with van der Waals surface area (Å²) in [6.07, 6.45) is 1.68. The molecule has 35 heavy (non-hydrogen) atoms. The molecule has 0 fully saturated rings. The zero-order valence-electron chi connectivity index (χ0n) is 18.8. The van der Waals surface area contributed by atoms with Gasteiger partial charge < -0.3 is 4.57 Å². The minimum Gasteiger partial charge on any atom is -0.309 e. The predicted octanol–water partition coefficient (Wildman–Crippen LogP) is 7.23. The Morgan fingerprint density at radius 2 is 1.31 bits per heavy atom. The van der Waals surface area contributed by atoms with Crippen LogP contribution in [0.3, 0.4) is 0 Å². The van der Waals surface area contributed by atoms with Gasteiger partial charge in [0.15, 0.2) is 0 Å². The molecule has 0 radical (unpaired) electrons. The molecular weight excluding hydrogens is 454 g/mol. The summed E-state index contributed by atoms with van der Waals surface area (Å²) in [4.78, 5) is 12.6. The second kappa shape index (κ2) is 10.2. The largest absolute Gasteiger partial charge is 0.309 e. The van der Waals surface area contributed by atoms with Crippen molar-refractivity contribution in [2.24, 2.45) is 5.10 Å². The van der Waals surface area contributed by atoms with E-state index in [9.17, 15) is 4.79 Å². The van der Waals surface area contributed by atoms with E-state index in [0.717, 1.165) is 33.8 Å². The smallest absolute Gasteiger partial charge is 0.272 e. The molecule has 4 nitrogen and oxygen atoms in total. The summed E-state index contributed by atoms with van der Waals surface area (Å²) in [6, 6.07) is 39.6. The van der Waals surface area contributed by atoms with Crippen molar-refractivity contribution in [3.05, 3.63) is 137 Å². The highest BCUT2D eigenvalue weighted by molar-refractivity contribution is 6.33. The number of carbonyl (C=O) groups is 1. The van der Waals surface area contributed by atoms with E-state index in [0.29, 0.717) is 10.6 Å². The Bertz CT molecular complexity index is 1480. The molecule has 1 amide bonds. The number of nitrogens with one attached hydrogen (secondary N) is 1. The molecule has 1 N–H and O–H groups in total. The number of carbonyl (C=O) groups excluding carboxylic acids is 1. The quantitative estimate of drug-likeness (QED) is 0.204. The van der Waals surface area contributed by atoms with E-state index in [4.69, 9.17) is 11.6 Å². The Hall–Kier alpha value is -4.41. The molecule has 1 heterocycles. The van der Waals surface area contributed by atoms with Crippen molar-refractivity contribution in [3.8, 4) is 28.2 Å². The van der Waals surface area contributed by atoms with Crippen LogP contribution in [0.25, 0.3) is 28.2 Å². The predicted molar refractivity (Wildman–Crippen MR) is 143 cm³/mol. The highest BCUT2D eigenvalue weighted by atomic mass is 35.5. The Morgan fingerprint density at radius 1 is 0.743 bits per heavy atom. The molecule has 0 saturated heterocycles. The first-order valence-electron chi connectivity index (χ1n) is 11.2. The standard InChI is InChI=1S/C30H22ClN3O/c31-27-19-11-10-18-26(27)30(35)33-32-21-24-20-28(22-12-4-1-5-13-22)34(25-16-8-3-9-17-25)29(24)23-14-6-2-7-15-23/h1-21H,(H,33,35)/b32-21+. The summed E-state index contributed by atoms with van der Waals surface area (Å²) >= 11 is 6.16. The highest BCUT2D eigenvalue weighted by Gasteiger charge is 2.18. The number of hydrogen-bond acceptors (Lipinski definition) is 2. The van der Waals surface area contributed by atoms with Crippen molar-refractivity contribution in [1.82, 2.24) is 9.99 Å². The number of nitrogens with zero attached hydrogens (tertiary/aromatic N) is 2. The molecule has 0 atom stereocenters. The van der Waals surface area contributed by atoms with Gasteiger partial charge in [-0.25, -0.2) is 5.43 Å². The van der Waals surface area contributed by atoms with Gasteiger partial charge in [0, 0.05) is 11.3 Å². The van der Waals surface area contributed by atoms with E-state index in [1.165, 1.54) is 0 Å². The number of amides is 1. The van der Waals surface area contributed by atoms with Gasteiger partial charge in [-0.1, -0.05) is 103 Å². The molecule has 0 aliphatic heterocycles. The summed E-state index contributed by atoms with van der Waals surface area (Å²) < 4.78 is 2.22. The van der Waals surface area contributed by atoms with Gasteiger partial charge in [-0.05, 0) is 41.5 Å². The van der Waals surface area contributed by atoms with Crippen molar-refractivity contribution in [1.29, 1.82) is 0 Å². The van der Waals surface area contributed by atoms with Crippen molar-refractivity contribution < 1.29 is 4.79 Å². The maximum atomic E-state index is 12.6. The molecule has 170 valence electrons. The zero-order chi connectivity index (χ0) is 24.0. The number of aromatic nitrogens is 1. The van der Waals surface area contributed by atoms with Gasteiger partial charge in [0.05, 0.1) is 28.2 Å². The van der Waals surface area contributed by atoms with Crippen LogP contribution in [0, 0.1) is 0 Å². The fourth-order valence-electron chi connectivity index (χ4n) is 4.05. The molecule has 4 aromatic carbocycles. The number of hydrazone groups is 1. The molecule has 0 saturated carbocycles. The van der Waals surface area contributed by atoms with E-state index >= 15 is 0 Å². The summed E-state index contributed by atoms with van der Waals surface area (Å²) in [5.41, 5.74) is 9.01. The van der Waals surface area contributed by atoms with Crippen LogP contribution in [-0.4, -0.2) is 16.7 Å². The maximum absolute atomic E-state index is 12.6. The van der Waals surface area contributed by atoms with Crippen LogP contribution in [-0.2, 0) is 0 Å². The van der Waals surface area contributed by atoms with Crippen molar-refractivity contribution >= 4 is 23.7 Å². The summed E-state index contributed by atoms with van der Waals surface area (Å²) in [7, 11) is 0. The second-order valence-corrected chi connectivity index (χ2v) is 8.32. The van der Waals surface area contributed by atoms with Crippen molar-refractivity contribution in [3.63, 3.8) is 0 Å². The van der Waals surface area contributed by atoms with Gasteiger partial charge >= 0.3 is 0 Å². The number of hydrogen-bond donors (Lipinski definition) is 1. The van der Waals surface area contributed by atoms with Gasteiger partial charge in [0.25, 0.3) is 5.91 Å². The lowest BCUT2D eigenvalue weighted by Crippen LogP contribution is -2.18. The minimum atomic E-state index is -0.362. The van der Waals surface area contributed by atoms with Crippen LogP contribution in [0.15, 0.2) is 126 Å². The van der Waals surface area contributed by atoms with Gasteiger partial charge in [-0.3, -0.25) is 4.79 Å². The van der Waals surface area contributed by atoms with E-state index in [-0.39, 0.29) is 5.91 Å². The first-order chi connectivity index (χ1) is 17.2. The van der Waals surface area contributed by atoms with Gasteiger partial charge in [-0.2, -0.15) is 5.10 Å². The number of rotatable bonds is 6. The van der Waals surface area contributed by atoms with Crippen molar-refractivity contribution in [2.75, 3.05) is 0 Å². The molecule has 5 heteroatoms. The van der Waals surface area contributed by atoms with Gasteiger partial charge in [0.1, 0.15) is 0 Å². The zero-order valence-corrected chi connectivity index (χ0v) is 19.6. The molecule has 0 aliphatic carbocycles. The van der Waals surface area contributed by atoms with E-state index < -0.39 is 0 Å². The van der Waals surface area contributed by atoms with Crippen LogP contribution >= 0.6 is 11.6 Å². The average Bonchev–Trinajstić information content (AvgIpc) is 3.30. The lowest BCUT2D eigenvalue weighted by atomic mass is 10.1. The molecule has 5 aromatic rings. The Labute approximate surface area is 209 Å². The van der Waals surface area contributed by atoms with Crippen LogP contribution in [0.2, 0.25) is 5.02 Å². The van der Waals surface area contributed by atoms with Crippen LogP contribution in [0.4, 0.5) is 0 Å². The van der Waals surface area contributed by atoms with Gasteiger partial charge in [0.2, 0.25) is 0 Å². The Balaban J connectivity index is 1.63. The van der Waals surface area contributed by atoms with E-state index in [2.05, 4.69) is 57.6 Å². The maximum Gasteiger partial charge on any atom is 0.272 e. The third kappa shape index (κ3) is 4.79. The Morgan fingerprint density at radius 3 is 1.97 bits per heavy atom. The van der Waals surface area contributed by atoms with Crippen LogP contribution in [0.1, 0.15) is 15.9 Å². The number of para-hydroxylation sites is 1. The molecular formula is C30H22ClN3O. The lowest BCUT2D eigenvalue weighted by Gasteiger charge is -2.15. The molecule has 0 unspecified atom stereocenters. The SMILES string of the molecule is O=C(N/N=C/c1cc(-c2ccccc2)n(-c2ccccc2)c1-c1ccccc1)c1ccccc1Cl. The highest BCUT2D eigenvalue weighted by Crippen LogP contribution is 2.35. The minimum absolute atomic E-state index is 0.362. The molecule has 5 rings (SSSR count). The fourth-order valence-corrected chi connectivity index (χ4v) is 4.27. The lowest BCUT2D eigenvalue weighted by molar-refractivity contribution is 0.0955. The summed E-state index contributed by atoms with van der Waals surface area (Å²) in [5, 5.41) is 4.67. The molecule has 0 spiro atoms. The van der Waals surface area contributed by atoms with Crippen LogP contribution in [0.5, 0.6) is 0 Å². The number of halogens is 1. The summed E-state index contributed by atoms with van der Waals surface area (Å²) in [6.45, 7) is 0. The summed E-state index contributed by atoms with van der Waals surface area (Å²) in [5.74, 6) is -0.362. The van der Waals surface area contributed by atoms with E-state index in [1.54, 1.807) is 30.5 Å². The molecule has 0 bridgehead atoms. The Kier molecular flexibility index (Phi) is 6.55. The number of benzene rings is 4. The molecule has 1 aromatic heterocycles. The monoisotopic (exact) mass is 475 g/mol. The first kappa shape index (κ1) is 22.4. The fraction of sp³-hybridized carbons (Fsp3) is 0. The third-order valence-electron chi connectivity index (χ3n) is 5.65. The van der Waals surface area contributed by atoms with Gasteiger partial charge in [-0.15, -0.1) is 0 Å².